The van der Waals surface area contributed by atoms with E-state index in [9.17, 15) is 4.79 Å². The number of ether oxygens (including phenoxy) is 1. The van der Waals surface area contributed by atoms with E-state index in [-0.39, 0.29) is 10.8 Å². The van der Waals surface area contributed by atoms with Crippen molar-refractivity contribution < 1.29 is 9.53 Å². The predicted octanol–water partition coefficient (Wildman–Crippen LogP) is 2.35. The second kappa shape index (κ2) is 4.60. The van der Waals surface area contributed by atoms with Crippen LogP contribution >= 0.6 is 11.6 Å². The van der Waals surface area contributed by atoms with Crippen LogP contribution in [0.2, 0.25) is 0 Å². The highest BCUT2D eigenvalue weighted by atomic mass is 35.5. The summed E-state index contributed by atoms with van der Waals surface area (Å²) in [5, 5.41) is 0. The zero-order valence-electron chi connectivity index (χ0n) is 7.32. The quantitative estimate of drug-likeness (QED) is 0.488. The molecule has 0 saturated heterocycles. The number of esters is 1. The molecular formula is C8H15ClO2. The van der Waals surface area contributed by atoms with Crippen molar-refractivity contribution in [1.29, 1.82) is 0 Å². The molecular weight excluding hydrogens is 164 g/mol. The van der Waals surface area contributed by atoms with Crippen molar-refractivity contribution in [3.63, 3.8) is 0 Å². The third-order valence-electron chi connectivity index (χ3n) is 1.23. The van der Waals surface area contributed by atoms with Gasteiger partial charge >= 0.3 is 5.97 Å². The number of hydrogen-bond donors (Lipinski definition) is 0. The van der Waals surface area contributed by atoms with E-state index in [2.05, 4.69) is 0 Å². The molecule has 0 aliphatic rings. The minimum Gasteiger partial charge on any atom is -0.466 e. The molecule has 0 spiro atoms. The Balaban J connectivity index is 3.46. The summed E-state index contributed by atoms with van der Waals surface area (Å²) in [6, 6.07) is 0. The van der Waals surface area contributed by atoms with Crippen molar-refractivity contribution in [2.45, 2.75) is 38.5 Å². The lowest BCUT2D eigenvalue weighted by Gasteiger charge is -2.13. The van der Waals surface area contributed by atoms with E-state index >= 15 is 0 Å². The molecule has 66 valence electrons. The van der Waals surface area contributed by atoms with Gasteiger partial charge < -0.3 is 4.74 Å². The first-order chi connectivity index (χ1) is 4.95. The molecule has 0 rings (SSSR count). The van der Waals surface area contributed by atoms with Crippen molar-refractivity contribution in [2.24, 2.45) is 0 Å². The molecule has 0 N–H and O–H groups in total. The van der Waals surface area contributed by atoms with E-state index in [1.54, 1.807) is 6.92 Å². The van der Waals surface area contributed by atoms with E-state index in [0.29, 0.717) is 19.4 Å². The van der Waals surface area contributed by atoms with Crippen LogP contribution in [0.5, 0.6) is 0 Å². The summed E-state index contributed by atoms with van der Waals surface area (Å²) in [5.74, 6) is -0.166. The van der Waals surface area contributed by atoms with E-state index in [0.717, 1.165) is 0 Å². The zero-order valence-corrected chi connectivity index (χ0v) is 8.07. The van der Waals surface area contributed by atoms with Gasteiger partial charge in [0.2, 0.25) is 0 Å². The topological polar surface area (TPSA) is 26.3 Å². The Hall–Kier alpha value is -0.240. The standard InChI is InChI=1S/C8H15ClO2/c1-4-11-7(10)5-6-8(2,3)9/h4-6H2,1-3H3. The molecule has 0 fully saturated rings. The summed E-state index contributed by atoms with van der Waals surface area (Å²) in [4.78, 5) is 10.5. The molecule has 0 aromatic heterocycles. The smallest absolute Gasteiger partial charge is 0.305 e. The Kier molecular flexibility index (Phi) is 4.50. The summed E-state index contributed by atoms with van der Waals surface area (Å²) in [7, 11) is 0. The van der Waals surface area contributed by atoms with Crippen molar-refractivity contribution >= 4 is 17.6 Å². The van der Waals surface area contributed by atoms with Crippen LogP contribution in [0, 0.1) is 0 Å². The molecule has 2 nitrogen and oxygen atoms in total. The van der Waals surface area contributed by atoms with Crippen LogP contribution in [0.4, 0.5) is 0 Å². The van der Waals surface area contributed by atoms with Gasteiger partial charge in [-0.15, -0.1) is 11.6 Å². The molecule has 0 aromatic rings. The fraction of sp³-hybridized carbons (Fsp3) is 0.875. The van der Waals surface area contributed by atoms with Crippen molar-refractivity contribution in [3.05, 3.63) is 0 Å². The lowest BCUT2D eigenvalue weighted by Crippen LogP contribution is -2.14. The van der Waals surface area contributed by atoms with Crippen molar-refractivity contribution in [3.8, 4) is 0 Å². The molecule has 0 bridgehead atoms. The van der Waals surface area contributed by atoms with E-state index in [1.807, 2.05) is 13.8 Å². The first-order valence-corrected chi connectivity index (χ1v) is 4.18. The summed E-state index contributed by atoms with van der Waals surface area (Å²) in [6.45, 7) is 6.01. The number of alkyl halides is 1. The van der Waals surface area contributed by atoms with Crippen LogP contribution in [0.15, 0.2) is 0 Å². The van der Waals surface area contributed by atoms with Gasteiger partial charge in [0, 0.05) is 11.3 Å². The summed E-state index contributed by atoms with van der Waals surface area (Å²) < 4.78 is 4.74. The normalized spacial score (nSPS) is 11.3. The molecule has 0 radical (unpaired) electrons. The molecule has 0 saturated carbocycles. The third-order valence-corrected chi connectivity index (χ3v) is 1.42. The first-order valence-electron chi connectivity index (χ1n) is 3.80. The van der Waals surface area contributed by atoms with Crippen LogP contribution in [0.25, 0.3) is 0 Å². The van der Waals surface area contributed by atoms with Gasteiger partial charge in [-0.05, 0) is 27.2 Å². The molecule has 0 aliphatic carbocycles. The van der Waals surface area contributed by atoms with Gasteiger partial charge in [0.05, 0.1) is 6.61 Å². The highest BCUT2D eigenvalue weighted by molar-refractivity contribution is 6.23. The van der Waals surface area contributed by atoms with Crippen LogP contribution in [0.1, 0.15) is 33.6 Å². The number of carbonyl (C=O) groups excluding carboxylic acids is 1. The second-order valence-electron chi connectivity index (χ2n) is 3.02. The van der Waals surface area contributed by atoms with Gasteiger partial charge in [0.1, 0.15) is 0 Å². The fourth-order valence-corrected chi connectivity index (χ4v) is 0.727. The van der Waals surface area contributed by atoms with Crippen molar-refractivity contribution in [1.82, 2.24) is 0 Å². The Morgan fingerprint density at radius 1 is 1.55 bits per heavy atom. The average Bonchev–Trinajstić information content (AvgIpc) is 1.83. The summed E-state index contributed by atoms with van der Waals surface area (Å²) in [5.41, 5.74) is 0. The number of carbonyl (C=O) groups is 1. The zero-order chi connectivity index (χ0) is 8.91. The molecule has 0 unspecified atom stereocenters. The van der Waals surface area contributed by atoms with Gasteiger partial charge in [-0.3, -0.25) is 4.79 Å². The lowest BCUT2D eigenvalue weighted by molar-refractivity contribution is -0.143. The maximum absolute atomic E-state index is 10.8. The number of hydrogen-bond acceptors (Lipinski definition) is 2. The Labute approximate surface area is 72.9 Å². The van der Waals surface area contributed by atoms with Crippen molar-refractivity contribution in [2.75, 3.05) is 6.61 Å². The Morgan fingerprint density at radius 2 is 2.09 bits per heavy atom. The highest BCUT2D eigenvalue weighted by Crippen LogP contribution is 2.19. The van der Waals surface area contributed by atoms with E-state index in [4.69, 9.17) is 16.3 Å². The number of halogens is 1. The van der Waals surface area contributed by atoms with Gasteiger partial charge in [-0.25, -0.2) is 0 Å². The highest BCUT2D eigenvalue weighted by Gasteiger charge is 2.15. The van der Waals surface area contributed by atoms with Crippen LogP contribution in [-0.4, -0.2) is 17.5 Å². The van der Waals surface area contributed by atoms with Gasteiger partial charge in [0.25, 0.3) is 0 Å². The fourth-order valence-electron chi connectivity index (χ4n) is 0.632. The maximum Gasteiger partial charge on any atom is 0.305 e. The average molecular weight is 179 g/mol. The van der Waals surface area contributed by atoms with E-state index in [1.165, 1.54) is 0 Å². The Bertz CT molecular complexity index is 127. The number of rotatable bonds is 4. The maximum atomic E-state index is 10.8. The second-order valence-corrected chi connectivity index (χ2v) is 4.05. The molecule has 0 heterocycles. The summed E-state index contributed by atoms with van der Waals surface area (Å²) >= 11 is 5.87. The molecule has 11 heavy (non-hydrogen) atoms. The van der Waals surface area contributed by atoms with Gasteiger partial charge in [0.15, 0.2) is 0 Å². The molecule has 0 aromatic carbocycles. The minimum atomic E-state index is -0.299. The molecule has 3 heteroatoms. The summed E-state index contributed by atoms with van der Waals surface area (Å²) in [6.07, 6.45) is 1.07. The predicted molar refractivity (Wildman–Crippen MR) is 45.8 cm³/mol. The minimum absolute atomic E-state index is 0.166. The monoisotopic (exact) mass is 178 g/mol. The molecule has 0 amide bonds. The first kappa shape index (κ1) is 10.8. The largest absolute Gasteiger partial charge is 0.466 e. The molecule has 0 aliphatic heterocycles. The third kappa shape index (κ3) is 7.66. The Morgan fingerprint density at radius 3 is 2.45 bits per heavy atom. The van der Waals surface area contributed by atoms with Crippen LogP contribution in [0.3, 0.4) is 0 Å². The SMILES string of the molecule is CCOC(=O)CCC(C)(C)Cl. The van der Waals surface area contributed by atoms with Gasteiger partial charge in [-0.1, -0.05) is 0 Å². The van der Waals surface area contributed by atoms with Crippen LogP contribution < -0.4 is 0 Å². The van der Waals surface area contributed by atoms with E-state index < -0.39 is 0 Å². The van der Waals surface area contributed by atoms with Gasteiger partial charge in [-0.2, -0.15) is 0 Å². The van der Waals surface area contributed by atoms with Crippen LogP contribution in [-0.2, 0) is 9.53 Å². The molecule has 0 atom stereocenters. The lowest BCUT2D eigenvalue weighted by atomic mass is 10.1.